The number of hydrogen-bond acceptors (Lipinski definition) is 3. The Morgan fingerprint density at radius 2 is 2.06 bits per heavy atom. The molecule has 2 rings (SSSR count). The first kappa shape index (κ1) is 11.8. The van der Waals surface area contributed by atoms with Gasteiger partial charge in [-0.1, -0.05) is 6.92 Å². The summed E-state index contributed by atoms with van der Waals surface area (Å²) >= 11 is 0. The SMILES string of the molecule is CC1CC(C)N(C(=O)c2cc(O)ccc2O)C1. The van der Waals surface area contributed by atoms with Gasteiger partial charge < -0.3 is 15.1 Å². The summed E-state index contributed by atoms with van der Waals surface area (Å²) in [4.78, 5) is 14.0. The highest BCUT2D eigenvalue weighted by atomic mass is 16.3. The van der Waals surface area contributed by atoms with Gasteiger partial charge in [0.1, 0.15) is 11.5 Å². The molecule has 1 fully saturated rings. The molecule has 1 saturated heterocycles. The molecule has 4 heteroatoms. The van der Waals surface area contributed by atoms with E-state index in [2.05, 4.69) is 6.92 Å². The maximum atomic E-state index is 12.2. The van der Waals surface area contributed by atoms with Gasteiger partial charge in [-0.3, -0.25) is 4.79 Å². The Balaban J connectivity index is 2.28. The number of hydrogen-bond donors (Lipinski definition) is 2. The smallest absolute Gasteiger partial charge is 0.257 e. The van der Waals surface area contributed by atoms with Gasteiger partial charge in [0, 0.05) is 12.6 Å². The summed E-state index contributed by atoms with van der Waals surface area (Å²) in [6.45, 7) is 4.81. The first-order chi connectivity index (χ1) is 7.99. The molecule has 2 atom stereocenters. The van der Waals surface area contributed by atoms with Crippen molar-refractivity contribution in [3.8, 4) is 11.5 Å². The van der Waals surface area contributed by atoms with Crippen molar-refractivity contribution in [2.24, 2.45) is 5.92 Å². The molecule has 1 aromatic rings. The van der Waals surface area contributed by atoms with Crippen LogP contribution in [0.5, 0.6) is 11.5 Å². The molecule has 1 heterocycles. The van der Waals surface area contributed by atoms with E-state index < -0.39 is 0 Å². The van der Waals surface area contributed by atoms with Crippen LogP contribution in [0.15, 0.2) is 18.2 Å². The van der Waals surface area contributed by atoms with E-state index in [1.165, 1.54) is 18.2 Å². The maximum Gasteiger partial charge on any atom is 0.257 e. The number of carbonyl (C=O) groups excluding carboxylic acids is 1. The van der Waals surface area contributed by atoms with Crippen molar-refractivity contribution in [3.63, 3.8) is 0 Å². The lowest BCUT2D eigenvalue weighted by Crippen LogP contribution is -2.33. The van der Waals surface area contributed by atoms with Gasteiger partial charge in [-0.05, 0) is 37.5 Å². The number of phenols is 2. The molecule has 0 aliphatic carbocycles. The van der Waals surface area contributed by atoms with E-state index in [9.17, 15) is 15.0 Å². The zero-order chi connectivity index (χ0) is 12.6. The van der Waals surface area contributed by atoms with Crippen LogP contribution in [0.2, 0.25) is 0 Å². The molecular formula is C13H17NO3. The Kier molecular flexibility index (Phi) is 2.96. The van der Waals surface area contributed by atoms with E-state index in [-0.39, 0.29) is 29.0 Å². The van der Waals surface area contributed by atoms with Crippen molar-refractivity contribution in [1.29, 1.82) is 0 Å². The summed E-state index contributed by atoms with van der Waals surface area (Å²) < 4.78 is 0. The molecule has 2 unspecified atom stereocenters. The number of benzene rings is 1. The van der Waals surface area contributed by atoms with Gasteiger partial charge >= 0.3 is 0 Å². The summed E-state index contributed by atoms with van der Waals surface area (Å²) in [5, 5.41) is 19.0. The first-order valence-corrected chi connectivity index (χ1v) is 5.82. The average molecular weight is 235 g/mol. The van der Waals surface area contributed by atoms with Crippen LogP contribution in [0.3, 0.4) is 0 Å². The lowest BCUT2D eigenvalue weighted by Gasteiger charge is -2.22. The minimum absolute atomic E-state index is 0.00829. The van der Waals surface area contributed by atoms with E-state index in [4.69, 9.17) is 0 Å². The van der Waals surface area contributed by atoms with Gasteiger partial charge in [-0.2, -0.15) is 0 Å². The topological polar surface area (TPSA) is 60.8 Å². The van der Waals surface area contributed by atoms with E-state index in [1.54, 1.807) is 4.90 Å². The normalized spacial score (nSPS) is 24.0. The van der Waals surface area contributed by atoms with Crippen LogP contribution in [0.1, 0.15) is 30.6 Å². The second-order valence-electron chi connectivity index (χ2n) is 4.85. The molecule has 17 heavy (non-hydrogen) atoms. The Bertz CT molecular complexity index is 444. The molecule has 92 valence electrons. The fraction of sp³-hybridized carbons (Fsp3) is 0.462. The number of amides is 1. The zero-order valence-corrected chi connectivity index (χ0v) is 10.1. The quantitative estimate of drug-likeness (QED) is 0.731. The number of likely N-dealkylation sites (tertiary alicyclic amines) is 1. The van der Waals surface area contributed by atoms with Crippen LogP contribution in [-0.4, -0.2) is 33.6 Å². The highest BCUT2D eigenvalue weighted by molar-refractivity contribution is 5.97. The Morgan fingerprint density at radius 3 is 2.65 bits per heavy atom. The summed E-state index contributed by atoms with van der Waals surface area (Å²) in [6, 6.07) is 4.20. The van der Waals surface area contributed by atoms with Crippen LogP contribution >= 0.6 is 0 Å². The third-order valence-electron chi connectivity index (χ3n) is 3.26. The van der Waals surface area contributed by atoms with Gasteiger partial charge in [-0.25, -0.2) is 0 Å². The van der Waals surface area contributed by atoms with E-state index in [0.717, 1.165) is 6.42 Å². The molecule has 0 radical (unpaired) electrons. The monoisotopic (exact) mass is 235 g/mol. The van der Waals surface area contributed by atoms with Crippen LogP contribution in [-0.2, 0) is 0 Å². The first-order valence-electron chi connectivity index (χ1n) is 5.82. The minimum Gasteiger partial charge on any atom is -0.508 e. The lowest BCUT2D eigenvalue weighted by molar-refractivity contribution is 0.0740. The number of phenolic OH excluding ortho intramolecular Hbond substituents is 2. The molecule has 4 nitrogen and oxygen atoms in total. The fourth-order valence-electron chi connectivity index (χ4n) is 2.43. The molecule has 0 aromatic heterocycles. The molecule has 1 aromatic carbocycles. The van der Waals surface area contributed by atoms with E-state index in [0.29, 0.717) is 12.5 Å². The van der Waals surface area contributed by atoms with Crippen LogP contribution in [0, 0.1) is 5.92 Å². The predicted molar refractivity (Wildman–Crippen MR) is 64.1 cm³/mol. The van der Waals surface area contributed by atoms with Crippen molar-refractivity contribution in [2.75, 3.05) is 6.54 Å². The Labute approximate surface area is 100 Å². The van der Waals surface area contributed by atoms with Crippen LogP contribution in [0.25, 0.3) is 0 Å². The van der Waals surface area contributed by atoms with Crippen molar-refractivity contribution in [1.82, 2.24) is 4.90 Å². The summed E-state index contributed by atoms with van der Waals surface area (Å²) in [5.74, 6) is 0.175. The molecular weight excluding hydrogens is 218 g/mol. The summed E-state index contributed by atoms with van der Waals surface area (Å²) in [7, 11) is 0. The standard InChI is InChI=1S/C13H17NO3/c1-8-5-9(2)14(7-8)13(17)11-6-10(15)3-4-12(11)16/h3-4,6,8-9,15-16H,5,7H2,1-2H3. The third-order valence-corrected chi connectivity index (χ3v) is 3.26. The number of carbonyl (C=O) groups is 1. The molecule has 1 aliphatic heterocycles. The van der Waals surface area contributed by atoms with Crippen molar-refractivity contribution >= 4 is 5.91 Å². The lowest BCUT2D eigenvalue weighted by atomic mass is 10.1. The van der Waals surface area contributed by atoms with Gasteiger partial charge in [0.15, 0.2) is 0 Å². The highest BCUT2D eigenvalue weighted by Crippen LogP contribution is 2.28. The molecule has 0 bridgehead atoms. The van der Waals surface area contributed by atoms with Crippen molar-refractivity contribution in [3.05, 3.63) is 23.8 Å². The van der Waals surface area contributed by atoms with Crippen molar-refractivity contribution < 1.29 is 15.0 Å². The predicted octanol–water partition coefficient (Wildman–Crippen LogP) is 1.97. The Morgan fingerprint density at radius 1 is 1.35 bits per heavy atom. The second-order valence-corrected chi connectivity index (χ2v) is 4.85. The molecule has 1 aliphatic rings. The maximum absolute atomic E-state index is 12.2. The molecule has 1 amide bonds. The van der Waals surface area contributed by atoms with Gasteiger partial charge in [-0.15, -0.1) is 0 Å². The average Bonchev–Trinajstić information content (AvgIpc) is 2.60. The van der Waals surface area contributed by atoms with Crippen molar-refractivity contribution in [2.45, 2.75) is 26.3 Å². The van der Waals surface area contributed by atoms with Gasteiger partial charge in [0.2, 0.25) is 0 Å². The summed E-state index contributed by atoms with van der Waals surface area (Å²) in [5.41, 5.74) is 0.172. The molecule has 2 N–H and O–H groups in total. The van der Waals surface area contributed by atoms with E-state index >= 15 is 0 Å². The number of rotatable bonds is 1. The number of nitrogens with zero attached hydrogens (tertiary/aromatic N) is 1. The third kappa shape index (κ3) is 2.20. The summed E-state index contributed by atoms with van der Waals surface area (Å²) in [6.07, 6.45) is 0.977. The minimum atomic E-state index is -0.213. The van der Waals surface area contributed by atoms with Gasteiger partial charge in [0.25, 0.3) is 5.91 Å². The fourth-order valence-corrected chi connectivity index (χ4v) is 2.43. The Hall–Kier alpha value is -1.71. The highest BCUT2D eigenvalue weighted by Gasteiger charge is 2.31. The van der Waals surface area contributed by atoms with Crippen LogP contribution in [0.4, 0.5) is 0 Å². The van der Waals surface area contributed by atoms with Gasteiger partial charge in [0.05, 0.1) is 5.56 Å². The molecule has 0 spiro atoms. The van der Waals surface area contributed by atoms with E-state index in [1.807, 2.05) is 6.92 Å². The largest absolute Gasteiger partial charge is 0.508 e. The molecule has 0 saturated carbocycles. The second kappa shape index (κ2) is 4.28. The zero-order valence-electron chi connectivity index (χ0n) is 10.1. The number of aromatic hydroxyl groups is 2. The van der Waals surface area contributed by atoms with Crippen LogP contribution < -0.4 is 0 Å².